The monoisotopic (exact) mass is 239 g/mol. The Hall–Kier alpha value is -2.43. The molecule has 2 aromatic heterocycles. The van der Waals surface area contributed by atoms with E-state index in [-0.39, 0.29) is 0 Å². The van der Waals surface area contributed by atoms with Gasteiger partial charge in [-0.25, -0.2) is 4.68 Å². The van der Waals surface area contributed by atoms with E-state index in [9.17, 15) is 0 Å². The zero-order valence-corrected chi connectivity index (χ0v) is 10.3. The van der Waals surface area contributed by atoms with Crippen LogP contribution >= 0.6 is 0 Å². The minimum absolute atomic E-state index is 0.781. The molecule has 0 aliphatic heterocycles. The van der Waals surface area contributed by atoms with Crippen LogP contribution in [-0.4, -0.2) is 26.1 Å². The van der Waals surface area contributed by atoms with Crippen molar-refractivity contribution < 1.29 is 0 Å². The first-order chi connectivity index (χ1) is 8.75. The molecule has 0 saturated heterocycles. The molecular weight excluding hydrogens is 226 g/mol. The molecule has 18 heavy (non-hydrogen) atoms. The quantitative estimate of drug-likeness (QED) is 0.697. The summed E-state index contributed by atoms with van der Waals surface area (Å²) in [6, 6.07) is 8.14. The molecule has 0 amide bonds. The predicted octanol–water partition coefficient (Wildman–Crippen LogP) is 2.26. The molecule has 0 spiro atoms. The second-order valence-electron chi connectivity index (χ2n) is 4.14. The summed E-state index contributed by atoms with van der Waals surface area (Å²) < 4.78 is 1.72. The van der Waals surface area contributed by atoms with Crippen LogP contribution in [0.5, 0.6) is 0 Å². The topological polar surface area (TPSA) is 58.9 Å². The van der Waals surface area contributed by atoms with Crippen LogP contribution in [0.4, 0.5) is 0 Å². The third kappa shape index (κ3) is 1.69. The van der Waals surface area contributed by atoms with E-state index >= 15 is 0 Å². The maximum absolute atomic E-state index is 4.40. The number of aryl methyl sites for hydroxylation is 2. The van der Waals surface area contributed by atoms with Crippen LogP contribution in [-0.2, 0) is 0 Å². The van der Waals surface area contributed by atoms with Gasteiger partial charge in [0.25, 0.3) is 0 Å². The van der Waals surface area contributed by atoms with Gasteiger partial charge in [0, 0.05) is 22.7 Å². The van der Waals surface area contributed by atoms with Crippen LogP contribution in [0.15, 0.2) is 35.6 Å². The first-order valence-electron chi connectivity index (χ1n) is 5.75. The lowest BCUT2D eigenvalue weighted by molar-refractivity contribution is 0.799. The van der Waals surface area contributed by atoms with E-state index in [0.717, 1.165) is 28.1 Å². The molecule has 5 heteroatoms. The number of hydrogen-bond acceptors (Lipinski definition) is 3. The van der Waals surface area contributed by atoms with E-state index in [4.69, 9.17) is 0 Å². The lowest BCUT2D eigenvalue weighted by Crippen LogP contribution is -1.95. The highest BCUT2D eigenvalue weighted by molar-refractivity contribution is 5.98. The van der Waals surface area contributed by atoms with Gasteiger partial charge in [-0.3, -0.25) is 0 Å². The number of aromatic nitrogens is 4. The zero-order chi connectivity index (χ0) is 12.5. The van der Waals surface area contributed by atoms with E-state index in [1.54, 1.807) is 4.68 Å². The van der Waals surface area contributed by atoms with Crippen LogP contribution in [0.25, 0.3) is 10.9 Å². The van der Waals surface area contributed by atoms with Crippen LogP contribution in [0.2, 0.25) is 0 Å². The number of para-hydroxylation sites is 1. The SMILES string of the molecule is Cc1nnc(C)n1/N=C/c1c[nH]c2ccccc12. The number of fused-ring (bicyclic) bond motifs is 1. The van der Waals surface area contributed by atoms with Crippen molar-refractivity contribution in [2.75, 3.05) is 0 Å². The molecule has 3 aromatic rings. The van der Waals surface area contributed by atoms with Crippen LogP contribution in [0.3, 0.4) is 0 Å². The number of nitrogens with one attached hydrogen (secondary N) is 1. The standard InChI is InChI=1S/C13H13N5/c1-9-16-17-10(2)18(9)15-8-11-7-14-13-6-4-3-5-12(11)13/h3-8,14H,1-2H3/b15-8+. The Labute approximate surface area is 104 Å². The van der Waals surface area contributed by atoms with Gasteiger partial charge < -0.3 is 4.98 Å². The van der Waals surface area contributed by atoms with Gasteiger partial charge in [0.05, 0.1) is 6.21 Å². The number of nitrogens with zero attached hydrogens (tertiary/aromatic N) is 4. The number of rotatable bonds is 2. The lowest BCUT2D eigenvalue weighted by atomic mass is 10.2. The highest BCUT2D eigenvalue weighted by Gasteiger charge is 2.03. The fourth-order valence-electron chi connectivity index (χ4n) is 1.95. The van der Waals surface area contributed by atoms with Gasteiger partial charge in [-0.1, -0.05) is 18.2 Å². The molecule has 0 fully saturated rings. The fraction of sp³-hybridized carbons (Fsp3) is 0.154. The number of aromatic amines is 1. The first kappa shape index (κ1) is 10.7. The molecule has 0 bridgehead atoms. The Bertz CT molecular complexity index is 700. The fourth-order valence-corrected chi connectivity index (χ4v) is 1.95. The molecule has 5 nitrogen and oxygen atoms in total. The largest absolute Gasteiger partial charge is 0.361 e. The highest BCUT2D eigenvalue weighted by Crippen LogP contribution is 2.15. The summed E-state index contributed by atoms with van der Waals surface area (Å²) in [5.41, 5.74) is 2.16. The molecule has 0 saturated carbocycles. The van der Waals surface area contributed by atoms with Crippen molar-refractivity contribution >= 4 is 17.1 Å². The van der Waals surface area contributed by atoms with Crippen molar-refractivity contribution in [2.24, 2.45) is 5.10 Å². The number of H-pyrrole nitrogens is 1. The molecule has 0 radical (unpaired) electrons. The van der Waals surface area contributed by atoms with E-state index in [1.165, 1.54) is 0 Å². The third-order valence-electron chi connectivity index (χ3n) is 2.89. The summed E-state index contributed by atoms with van der Waals surface area (Å²) in [6.45, 7) is 3.76. The van der Waals surface area contributed by atoms with Gasteiger partial charge in [-0.05, 0) is 19.9 Å². The highest BCUT2D eigenvalue weighted by atomic mass is 15.4. The molecule has 0 aliphatic rings. The summed E-state index contributed by atoms with van der Waals surface area (Å²) in [5.74, 6) is 1.56. The molecule has 0 unspecified atom stereocenters. The van der Waals surface area contributed by atoms with E-state index in [0.29, 0.717) is 0 Å². The summed E-state index contributed by atoms with van der Waals surface area (Å²) in [6.07, 6.45) is 3.77. The zero-order valence-electron chi connectivity index (χ0n) is 10.3. The van der Waals surface area contributed by atoms with Gasteiger partial charge in [-0.15, -0.1) is 10.2 Å². The average molecular weight is 239 g/mol. The lowest BCUT2D eigenvalue weighted by Gasteiger charge is -1.96. The number of hydrogen-bond donors (Lipinski definition) is 1. The summed E-state index contributed by atoms with van der Waals surface area (Å²) >= 11 is 0. The third-order valence-corrected chi connectivity index (χ3v) is 2.89. The second kappa shape index (κ2) is 4.10. The van der Waals surface area contributed by atoms with Crippen molar-refractivity contribution in [1.82, 2.24) is 19.9 Å². The maximum Gasteiger partial charge on any atom is 0.151 e. The van der Waals surface area contributed by atoms with Gasteiger partial charge in [-0.2, -0.15) is 5.10 Å². The molecule has 90 valence electrons. The Morgan fingerprint density at radius 3 is 2.67 bits per heavy atom. The molecule has 3 rings (SSSR count). The van der Waals surface area contributed by atoms with Crippen molar-refractivity contribution in [3.8, 4) is 0 Å². The molecule has 0 atom stereocenters. The van der Waals surface area contributed by atoms with Gasteiger partial charge in [0.15, 0.2) is 11.6 Å². The summed E-state index contributed by atoms with van der Waals surface area (Å²) in [7, 11) is 0. The van der Waals surface area contributed by atoms with Crippen molar-refractivity contribution in [3.63, 3.8) is 0 Å². The Morgan fingerprint density at radius 2 is 1.89 bits per heavy atom. The van der Waals surface area contributed by atoms with E-state index in [1.807, 2.05) is 44.5 Å². The van der Waals surface area contributed by atoms with Crippen molar-refractivity contribution in [2.45, 2.75) is 13.8 Å². The molecule has 1 N–H and O–H groups in total. The first-order valence-corrected chi connectivity index (χ1v) is 5.75. The predicted molar refractivity (Wildman–Crippen MR) is 70.8 cm³/mol. The summed E-state index contributed by atoms with van der Waals surface area (Å²) in [4.78, 5) is 3.22. The van der Waals surface area contributed by atoms with Gasteiger partial charge >= 0.3 is 0 Å². The summed E-state index contributed by atoms with van der Waals surface area (Å²) in [5, 5.41) is 13.5. The molecule has 1 aromatic carbocycles. The van der Waals surface area contributed by atoms with Crippen LogP contribution in [0, 0.1) is 13.8 Å². The average Bonchev–Trinajstić information content (AvgIpc) is 2.93. The Balaban J connectivity index is 2.02. The van der Waals surface area contributed by atoms with Gasteiger partial charge in [0.1, 0.15) is 0 Å². The number of benzene rings is 1. The van der Waals surface area contributed by atoms with Gasteiger partial charge in [0.2, 0.25) is 0 Å². The maximum atomic E-state index is 4.40. The van der Waals surface area contributed by atoms with E-state index < -0.39 is 0 Å². The smallest absolute Gasteiger partial charge is 0.151 e. The van der Waals surface area contributed by atoms with Crippen molar-refractivity contribution in [3.05, 3.63) is 47.7 Å². The second-order valence-corrected chi connectivity index (χ2v) is 4.14. The van der Waals surface area contributed by atoms with Crippen LogP contribution < -0.4 is 0 Å². The van der Waals surface area contributed by atoms with E-state index in [2.05, 4.69) is 26.3 Å². The Kier molecular flexibility index (Phi) is 2.44. The minimum atomic E-state index is 0.781. The normalized spacial score (nSPS) is 11.7. The minimum Gasteiger partial charge on any atom is -0.361 e. The molecular formula is C13H13N5. The van der Waals surface area contributed by atoms with Crippen molar-refractivity contribution in [1.29, 1.82) is 0 Å². The molecule has 2 heterocycles. The van der Waals surface area contributed by atoms with Crippen LogP contribution in [0.1, 0.15) is 17.2 Å². The molecule has 0 aliphatic carbocycles. The Morgan fingerprint density at radius 1 is 1.17 bits per heavy atom.